The van der Waals surface area contributed by atoms with Gasteiger partial charge in [0.2, 0.25) is 21.8 Å². The van der Waals surface area contributed by atoms with Crippen LogP contribution in [0.4, 0.5) is 5.69 Å². The lowest BCUT2D eigenvalue weighted by Gasteiger charge is -2.25. The SMILES string of the molecule is Cc1ccc(S(=O)(=O)N2CCC[C@H]2C(=O)N[C@@H](Cc2ccc(NC(=O)C3CC4C=CC=CC4N3)cc2)C(=O)O)cc1. The standard InChI is InChI=1S/C30H34N4O6S/c1-19-8-14-23(15-9-19)41(39,40)34-16-4-7-27(34)29(36)33-26(30(37)38)17-20-10-12-22(13-11-20)31-28(35)25-18-21-5-2-3-6-24(21)32-25/h2-3,5-6,8-15,21,24-27,32H,4,7,16-18H2,1H3,(H,31,35)(H,33,36)(H,37,38)/t21?,24?,25?,26-,27-/m0/s1. The minimum Gasteiger partial charge on any atom is -0.480 e. The number of nitrogens with one attached hydrogen (secondary N) is 3. The molecule has 216 valence electrons. The van der Waals surface area contributed by atoms with Crippen LogP contribution in [-0.4, -0.2) is 66.3 Å². The highest BCUT2D eigenvalue weighted by Gasteiger charge is 2.40. The van der Waals surface area contributed by atoms with Gasteiger partial charge in [-0.1, -0.05) is 54.1 Å². The molecule has 2 aliphatic heterocycles. The molecule has 0 aromatic heterocycles. The molecule has 0 saturated carbocycles. The molecule has 3 unspecified atom stereocenters. The van der Waals surface area contributed by atoms with E-state index in [2.05, 4.69) is 28.1 Å². The number of allylic oxidation sites excluding steroid dienone is 2. The van der Waals surface area contributed by atoms with Crippen molar-refractivity contribution in [1.29, 1.82) is 0 Å². The van der Waals surface area contributed by atoms with Gasteiger partial charge in [0.1, 0.15) is 12.1 Å². The molecule has 1 aliphatic carbocycles. The summed E-state index contributed by atoms with van der Waals surface area (Å²) in [7, 11) is -3.91. The summed E-state index contributed by atoms with van der Waals surface area (Å²) in [4.78, 5) is 38.0. The van der Waals surface area contributed by atoms with E-state index >= 15 is 0 Å². The number of carbonyl (C=O) groups is 3. The van der Waals surface area contributed by atoms with Crippen LogP contribution < -0.4 is 16.0 Å². The number of anilines is 1. The Morgan fingerprint density at radius 2 is 1.73 bits per heavy atom. The summed E-state index contributed by atoms with van der Waals surface area (Å²) in [5, 5.41) is 18.6. The second kappa shape index (κ2) is 12.0. The molecule has 5 rings (SSSR count). The average Bonchev–Trinajstić information content (AvgIpc) is 3.62. The Morgan fingerprint density at radius 1 is 1.02 bits per heavy atom. The molecule has 10 nitrogen and oxygen atoms in total. The van der Waals surface area contributed by atoms with Gasteiger partial charge >= 0.3 is 5.97 Å². The van der Waals surface area contributed by atoms with Gasteiger partial charge < -0.3 is 15.7 Å². The number of carboxylic acid groups (broad SMARTS) is 1. The molecule has 0 spiro atoms. The average molecular weight is 579 g/mol. The summed E-state index contributed by atoms with van der Waals surface area (Å²) in [6.07, 6.45) is 9.63. The van der Waals surface area contributed by atoms with Crippen LogP contribution in [0.3, 0.4) is 0 Å². The molecule has 2 amide bonds. The largest absolute Gasteiger partial charge is 0.480 e. The van der Waals surface area contributed by atoms with Crippen LogP contribution in [0.1, 0.15) is 30.4 Å². The van der Waals surface area contributed by atoms with E-state index in [0.29, 0.717) is 36.4 Å². The minimum absolute atomic E-state index is 0.00105. The number of carbonyl (C=O) groups excluding carboxylic acids is 2. The number of fused-ring (bicyclic) bond motifs is 1. The number of benzene rings is 2. The maximum absolute atomic E-state index is 13.2. The summed E-state index contributed by atoms with van der Waals surface area (Å²) in [5.41, 5.74) is 2.14. The third-order valence-corrected chi connectivity index (χ3v) is 9.80. The molecule has 5 atom stereocenters. The summed E-state index contributed by atoms with van der Waals surface area (Å²) < 4.78 is 27.6. The maximum atomic E-state index is 13.2. The van der Waals surface area contributed by atoms with Gasteiger partial charge in [0, 0.05) is 24.7 Å². The molecule has 0 radical (unpaired) electrons. The van der Waals surface area contributed by atoms with Crippen LogP contribution in [0.15, 0.2) is 77.7 Å². The lowest BCUT2D eigenvalue weighted by molar-refractivity contribution is -0.142. The fourth-order valence-corrected chi connectivity index (χ4v) is 7.26. The highest BCUT2D eigenvalue weighted by Crippen LogP contribution is 2.28. The number of rotatable bonds is 9. The Labute approximate surface area is 239 Å². The first-order chi connectivity index (χ1) is 19.6. The number of nitrogens with zero attached hydrogens (tertiary/aromatic N) is 1. The van der Waals surface area contributed by atoms with Crippen molar-refractivity contribution in [3.63, 3.8) is 0 Å². The van der Waals surface area contributed by atoms with E-state index in [1.165, 1.54) is 12.1 Å². The van der Waals surface area contributed by atoms with Gasteiger partial charge in [-0.3, -0.25) is 14.9 Å². The van der Waals surface area contributed by atoms with Gasteiger partial charge in [0.15, 0.2) is 0 Å². The Bertz CT molecular complexity index is 1450. The van der Waals surface area contributed by atoms with E-state index < -0.39 is 34.0 Å². The van der Waals surface area contributed by atoms with Crippen molar-refractivity contribution >= 4 is 33.5 Å². The van der Waals surface area contributed by atoms with Crippen LogP contribution in [-0.2, 0) is 30.8 Å². The summed E-state index contributed by atoms with van der Waals surface area (Å²) in [5.74, 6) is -1.70. The molecular weight excluding hydrogens is 544 g/mol. The molecule has 2 saturated heterocycles. The number of hydrogen-bond donors (Lipinski definition) is 4. The van der Waals surface area contributed by atoms with Gasteiger partial charge in [0.05, 0.1) is 10.9 Å². The van der Waals surface area contributed by atoms with Gasteiger partial charge in [-0.05, 0) is 61.9 Å². The molecular formula is C30H34N4O6S. The van der Waals surface area contributed by atoms with Crippen molar-refractivity contribution in [3.05, 3.63) is 84.0 Å². The topological polar surface area (TPSA) is 145 Å². The van der Waals surface area contributed by atoms with E-state index in [1.54, 1.807) is 36.4 Å². The van der Waals surface area contributed by atoms with Gasteiger partial charge in [0.25, 0.3) is 0 Å². The van der Waals surface area contributed by atoms with Gasteiger partial charge in [-0.25, -0.2) is 13.2 Å². The first-order valence-electron chi connectivity index (χ1n) is 13.7. The van der Waals surface area contributed by atoms with Crippen molar-refractivity contribution in [3.8, 4) is 0 Å². The zero-order chi connectivity index (χ0) is 29.1. The fourth-order valence-electron chi connectivity index (χ4n) is 5.61. The third-order valence-electron chi connectivity index (χ3n) is 7.88. The van der Waals surface area contributed by atoms with Gasteiger partial charge in [-0.2, -0.15) is 4.31 Å². The minimum atomic E-state index is -3.91. The molecule has 0 bridgehead atoms. The summed E-state index contributed by atoms with van der Waals surface area (Å²) in [6, 6.07) is 10.8. The summed E-state index contributed by atoms with van der Waals surface area (Å²) in [6.45, 7) is 2.04. The van der Waals surface area contributed by atoms with Crippen molar-refractivity contribution in [2.45, 2.75) is 61.7 Å². The first kappa shape index (κ1) is 28.7. The van der Waals surface area contributed by atoms with Crippen LogP contribution in [0.25, 0.3) is 0 Å². The number of carboxylic acids is 1. The Hall–Kier alpha value is -3.80. The van der Waals surface area contributed by atoms with Crippen molar-refractivity contribution < 1.29 is 27.9 Å². The molecule has 2 aromatic carbocycles. The maximum Gasteiger partial charge on any atom is 0.326 e. The molecule has 4 N–H and O–H groups in total. The second-order valence-electron chi connectivity index (χ2n) is 10.8. The smallest absolute Gasteiger partial charge is 0.326 e. The molecule has 11 heteroatoms. The van der Waals surface area contributed by atoms with Crippen LogP contribution in [0.2, 0.25) is 0 Å². The second-order valence-corrected chi connectivity index (χ2v) is 12.7. The third kappa shape index (κ3) is 6.42. The fraction of sp³-hybridized carbons (Fsp3) is 0.367. The zero-order valence-electron chi connectivity index (χ0n) is 22.7. The van der Waals surface area contributed by atoms with E-state index in [1.807, 2.05) is 19.1 Å². The van der Waals surface area contributed by atoms with E-state index in [-0.39, 0.29) is 35.9 Å². The molecule has 2 fully saturated rings. The first-order valence-corrected chi connectivity index (χ1v) is 15.2. The quantitative estimate of drug-likeness (QED) is 0.358. The predicted molar refractivity (Wildman–Crippen MR) is 154 cm³/mol. The predicted octanol–water partition coefficient (Wildman–Crippen LogP) is 2.37. The number of amides is 2. The molecule has 2 aromatic rings. The van der Waals surface area contributed by atoms with Crippen molar-refractivity contribution in [2.24, 2.45) is 5.92 Å². The van der Waals surface area contributed by atoms with Crippen molar-refractivity contribution in [1.82, 2.24) is 14.9 Å². The number of aryl methyl sites for hydroxylation is 1. The van der Waals surface area contributed by atoms with Gasteiger partial charge in [-0.15, -0.1) is 0 Å². The normalized spacial score (nSPS) is 24.5. The van der Waals surface area contributed by atoms with Crippen LogP contribution >= 0.6 is 0 Å². The lowest BCUT2D eigenvalue weighted by Crippen LogP contribution is -2.51. The lowest BCUT2D eigenvalue weighted by atomic mass is 9.95. The van der Waals surface area contributed by atoms with E-state index in [4.69, 9.17) is 0 Å². The van der Waals surface area contributed by atoms with Crippen LogP contribution in [0, 0.1) is 12.8 Å². The number of sulfonamides is 1. The van der Waals surface area contributed by atoms with E-state index in [9.17, 15) is 27.9 Å². The number of hydrogen-bond acceptors (Lipinski definition) is 6. The Morgan fingerprint density at radius 3 is 2.41 bits per heavy atom. The highest BCUT2D eigenvalue weighted by molar-refractivity contribution is 7.89. The van der Waals surface area contributed by atoms with E-state index in [0.717, 1.165) is 9.87 Å². The Kier molecular flexibility index (Phi) is 8.39. The number of aliphatic carboxylic acids is 1. The molecule has 41 heavy (non-hydrogen) atoms. The zero-order valence-corrected chi connectivity index (χ0v) is 23.5. The molecule has 2 heterocycles. The Balaban J connectivity index is 1.19. The molecule has 3 aliphatic rings. The van der Waals surface area contributed by atoms with Crippen LogP contribution in [0.5, 0.6) is 0 Å². The monoisotopic (exact) mass is 578 g/mol. The van der Waals surface area contributed by atoms with Crippen molar-refractivity contribution in [2.75, 3.05) is 11.9 Å². The summed E-state index contributed by atoms with van der Waals surface area (Å²) >= 11 is 0. The highest BCUT2D eigenvalue weighted by atomic mass is 32.2.